The van der Waals surface area contributed by atoms with Crippen LogP contribution >= 0.6 is 0 Å². The van der Waals surface area contributed by atoms with Crippen LogP contribution in [-0.4, -0.2) is 45.4 Å². The van der Waals surface area contributed by atoms with Crippen LogP contribution < -0.4 is 15.4 Å². The molecular formula is C20H33N3O2. The molecule has 5 heteroatoms. The molecule has 2 rings (SSSR count). The summed E-state index contributed by atoms with van der Waals surface area (Å²) >= 11 is 0. The second kappa shape index (κ2) is 9.66. The molecule has 0 radical (unpaired) electrons. The van der Waals surface area contributed by atoms with Crippen molar-refractivity contribution < 1.29 is 9.47 Å². The smallest absolute Gasteiger partial charge is 0.191 e. The van der Waals surface area contributed by atoms with Crippen LogP contribution in [0.15, 0.2) is 35.3 Å². The van der Waals surface area contributed by atoms with Gasteiger partial charge in [-0.25, -0.2) is 0 Å². The summed E-state index contributed by atoms with van der Waals surface area (Å²) < 4.78 is 11.7. The molecule has 140 valence electrons. The van der Waals surface area contributed by atoms with Gasteiger partial charge in [-0.2, -0.15) is 0 Å². The average Bonchev–Trinajstić information content (AvgIpc) is 2.61. The normalized spacial score (nSPS) is 21.7. The second-order valence-electron chi connectivity index (χ2n) is 7.60. The molecule has 1 fully saturated rings. The Bertz CT molecular complexity index is 525. The second-order valence-corrected chi connectivity index (χ2v) is 7.60. The molecule has 0 aromatic heterocycles. The van der Waals surface area contributed by atoms with E-state index in [4.69, 9.17) is 9.47 Å². The standard InChI is InChI=1S/C20H33N3O2/c1-20(2,3)18-16(9-8-13-25-18)15-23-19(21-4)22-12-14-24-17-10-6-5-7-11-17/h5-7,10-11,16,18H,8-9,12-15H2,1-4H3,(H2,21,22,23). The Hall–Kier alpha value is -1.75. The van der Waals surface area contributed by atoms with Crippen LogP contribution in [0.5, 0.6) is 5.75 Å². The fraction of sp³-hybridized carbons (Fsp3) is 0.650. The maximum absolute atomic E-state index is 6.05. The maximum Gasteiger partial charge on any atom is 0.191 e. The molecule has 5 nitrogen and oxygen atoms in total. The van der Waals surface area contributed by atoms with Gasteiger partial charge in [-0.1, -0.05) is 39.0 Å². The molecule has 2 unspecified atom stereocenters. The fourth-order valence-electron chi connectivity index (χ4n) is 3.31. The van der Waals surface area contributed by atoms with E-state index in [1.165, 1.54) is 6.42 Å². The molecule has 1 aliphatic rings. The van der Waals surface area contributed by atoms with Gasteiger partial charge in [0.1, 0.15) is 12.4 Å². The van der Waals surface area contributed by atoms with Crippen molar-refractivity contribution in [3.05, 3.63) is 30.3 Å². The number of para-hydroxylation sites is 1. The number of ether oxygens (including phenoxy) is 2. The summed E-state index contributed by atoms with van der Waals surface area (Å²) in [4.78, 5) is 4.30. The van der Waals surface area contributed by atoms with Crippen molar-refractivity contribution in [2.45, 2.75) is 39.7 Å². The molecule has 0 aliphatic carbocycles. The zero-order valence-corrected chi connectivity index (χ0v) is 16.0. The number of nitrogens with one attached hydrogen (secondary N) is 2. The molecule has 0 spiro atoms. The Morgan fingerprint density at radius 2 is 2.00 bits per heavy atom. The first-order valence-corrected chi connectivity index (χ1v) is 9.24. The lowest BCUT2D eigenvalue weighted by atomic mass is 9.78. The van der Waals surface area contributed by atoms with Crippen molar-refractivity contribution in [3.8, 4) is 5.75 Å². The number of rotatable bonds is 6. The van der Waals surface area contributed by atoms with Gasteiger partial charge in [-0.3, -0.25) is 4.99 Å². The first-order chi connectivity index (χ1) is 12.0. The topological polar surface area (TPSA) is 54.9 Å². The molecule has 1 aromatic rings. The summed E-state index contributed by atoms with van der Waals surface area (Å²) in [5, 5.41) is 6.75. The van der Waals surface area contributed by atoms with E-state index in [0.29, 0.717) is 19.1 Å². The first kappa shape index (κ1) is 19.6. The predicted molar refractivity (Wildman–Crippen MR) is 103 cm³/mol. The molecule has 1 saturated heterocycles. The molecule has 1 heterocycles. The van der Waals surface area contributed by atoms with Crippen molar-refractivity contribution in [1.29, 1.82) is 0 Å². The lowest BCUT2D eigenvalue weighted by Crippen LogP contribution is -2.48. The van der Waals surface area contributed by atoms with Crippen molar-refractivity contribution in [2.24, 2.45) is 16.3 Å². The van der Waals surface area contributed by atoms with Gasteiger partial charge in [0.2, 0.25) is 0 Å². The van der Waals surface area contributed by atoms with E-state index >= 15 is 0 Å². The summed E-state index contributed by atoms with van der Waals surface area (Å²) in [5.41, 5.74) is 0.160. The summed E-state index contributed by atoms with van der Waals surface area (Å²) in [6, 6.07) is 9.85. The van der Waals surface area contributed by atoms with Crippen molar-refractivity contribution >= 4 is 5.96 Å². The van der Waals surface area contributed by atoms with Gasteiger partial charge in [-0.15, -0.1) is 0 Å². The molecule has 2 N–H and O–H groups in total. The number of aliphatic imine (C=N–C) groups is 1. The summed E-state index contributed by atoms with van der Waals surface area (Å²) in [6.45, 7) is 9.82. The van der Waals surface area contributed by atoms with E-state index in [9.17, 15) is 0 Å². The Balaban J connectivity index is 1.72. The van der Waals surface area contributed by atoms with Crippen LogP contribution in [-0.2, 0) is 4.74 Å². The molecule has 1 aromatic carbocycles. The minimum absolute atomic E-state index is 0.160. The monoisotopic (exact) mass is 347 g/mol. The van der Waals surface area contributed by atoms with Gasteiger partial charge in [0.15, 0.2) is 5.96 Å². The van der Waals surface area contributed by atoms with Crippen LogP contribution in [0, 0.1) is 11.3 Å². The zero-order valence-electron chi connectivity index (χ0n) is 16.0. The average molecular weight is 348 g/mol. The van der Waals surface area contributed by atoms with E-state index in [0.717, 1.165) is 31.3 Å². The van der Waals surface area contributed by atoms with Crippen molar-refractivity contribution in [2.75, 3.05) is 33.4 Å². The number of guanidine groups is 1. The SMILES string of the molecule is CN=C(NCCOc1ccccc1)NCC1CCCOC1C(C)(C)C. The molecule has 25 heavy (non-hydrogen) atoms. The van der Waals surface area contributed by atoms with Gasteiger partial charge in [-0.05, 0) is 30.4 Å². The van der Waals surface area contributed by atoms with Gasteiger partial charge in [0.25, 0.3) is 0 Å². The third-order valence-electron chi connectivity index (χ3n) is 4.46. The highest BCUT2D eigenvalue weighted by molar-refractivity contribution is 5.79. The third-order valence-corrected chi connectivity index (χ3v) is 4.46. The van der Waals surface area contributed by atoms with Crippen LogP contribution in [0.25, 0.3) is 0 Å². The highest BCUT2D eigenvalue weighted by Crippen LogP contribution is 2.33. The minimum atomic E-state index is 0.160. The van der Waals surface area contributed by atoms with Crippen LogP contribution in [0.2, 0.25) is 0 Å². The van der Waals surface area contributed by atoms with Crippen LogP contribution in [0.4, 0.5) is 0 Å². The highest BCUT2D eigenvalue weighted by atomic mass is 16.5. The Morgan fingerprint density at radius 3 is 2.68 bits per heavy atom. The largest absolute Gasteiger partial charge is 0.492 e. The van der Waals surface area contributed by atoms with E-state index in [1.807, 2.05) is 30.3 Å². The maximum atomic E-state index is 6.05. The highest BCUT2D eigenvalue weighted by Gasteiger charge is 2.35. The Kier molecular flexibility index (Phi) is 7.56. The van der Waals surface area contributed by atoms with E-state index in [2.05, 4.69) is 36.4 Å². The number of hydrogen-bond acceptors (Lipinski definition) is 3. The first-order valence-electron chi connectivity index (χ1n) is 9.24. The summed E-state index contributed by atoms with van der Waals surface area (Å²) in [7, 11) is 1.80. The lowest BCUT2D eigenvalue weighted by Gasteiger charge is -2.40. The fourth-order valence-corrected chi connectivity index (χ4v) is 3.31. The van der Waals surface area contributed by atoms with Gasteiger partial charge in [0, 0.05) is 26.1 Å². The lowest BCUT2D eigenvalue weighted by molar-refractivity contribution is -0.0835. The number of hydrogen-bond donors (Lipinski definition) is 2. The molecule has 0 saturated carbocycles. The molecule has 0 amide bonds. The Morgan fingerprint density at radius 1 is 1.24 bits per heavy atom. The van der Waals surface area contributed by atoms with E-state index in [-0.39, 0.29) is 11.5 Å². The van der Waals surface area contributed by atoms with Gasteiger partial charge in [0.05, 0.1) is 12.6 Å². The molecular weight excluding hydrogens is 314 g/mol. The molecule has 1 aliphatic heterocycles. The number of benzene rings is 1. The predicted octanol–water partition coefficient (Wildman–Crippen LogP) is 3.07. The van der Waals surface area contributed by atoms with Gasteiger partial charge >= 0.3 is 0 Å². The van der Waals surface area contributed by atoms with E-state index < -0.39 is 0 Å². The quantitative estimate of drug-likeness (QED) is 0.472. The summed E-state index contributed by atoms with van der Waals surface area (Å²) in [6.07, 6.45) is 2.62. The zero-order chi connectivity index (χ0) is 18.1. The Labute approximate surface area is 152 Å². The van der Waals surface area contributed by atoms with Gasteiger partial charge < -0.3 is 20.1 Å². The number of nitrogens with zero attached hydrogens (tertiary/aromatic N) is 1. The van der Waals surface area contributed by atoms with Crippen molar-refractivity contribution in [3.63, 3.8) is 0 Å². The minimum Gasteiger partial charge on any atom is -0.492 e. The van der Waals surface area contributed by atoms with Crippen molar-refractivity contribution in [1.82, 2.24) is 10.6 Å². The van der Waals surface area contributed by atoms with Crippen LogP contribution in [0.3, 0.4) is 0 Å². The molecule has 0 bridgehead atoms. The summed E-state index contributed by atoms with van der Waals surface area (Å²) in [5.74, 6) is 2.21. The van der Waals surface area contributed by atoms with Crippen LogP contribution in [0.1, 0.15) is 33.6 Å². The molecule has 2 atom stereocenters. The third kappa shape index (κ3) is 6.58. The van der Waals surface area contributed by atoms with E-state index in [1.54, 1.807) is 7.05 Å².